The van der Waals surface area contributed by atoms with E-state index < -0.39 is 0 Å². The number of carbonyl (C=O) groups excluding carboxylic acids is 1. The normalized spacial score (nSPS) is 14.7. The van der Waals surface area contributed by atoms with Crippen LogP contribution in [0.15, 0.2) is 61.1 Å². The lowest BCUT2D eigenvalue weighted by Crippen LogP contribution is -2.35. The molecule has 2 aliphatic rings. The number of amides is 1. The van der Waals surface area contributed by atoms with Crippen molar-refractivity contribution in [3.05, 3.63) is 87.8 Å². The number of hydrogen-bond donors (Lipinski definition) is 3. The summed E-state index contributed by atoms with van der Waals surface area (Å²) < 4.78 is 0. The molecule has 0 spiro atoms. The molecule has 0 saturated carbocycles. The SMILES string of the molecule is N#Cc1c(Cl)cccc1N1CCC(CC(=O)Nc2ccc3cc2CCc2cncc(c2)Nc2ncc(Cl)c(n2)N3)CC1. The van der Waals surface area contributed by atoms with Crippen LogP contribution in [0.5, 0.6) is 0 Å². The van der Waals surface area contributed by atoms with Gasteiger partial charge in [0.05, 0.1) is 34.4 Å². The number of rotatable bonds is 4. The van der Waals surface area contributed by atoms with E-state index in [4.69, 9.17) is 23.2 Å². The zero-order valence-electron chi connectivity index (χ0n) is 22.7. The van der Waals surface area contributed by atoms with Crippen LogP contribution in [0.3, 0.4) is 0 Å². The van der Waals surface area contributed by atoms with Crippen LogP contribution in [-0.4, -0.2) is 33.9 Å². The third-order valence-electron chi connectivity index (χ3n) is 7.65. The highest BCUT2D eigenvalue weighted by molar-refractivity contribution is 6.33. The number of nitriles is 1. The van der Waals surface area contributed by atoms with E-state index in [0.29, 0.717) is 40.2 Å². The highest BCUT2D eigenvalue weighted by Crippen LogP contribution is 2.32. The lowest BCUT2D eigenvalue weighted by atomic mass is 9.92. The molecule has 0 aliphatic carbocycles. The lowest BCUT2D eigenvalue weighted by Gasteiger charge is -2.34. The number of halogens is 2. The maximum atomic E-state index is 13.2. The maximum Gasteiger partial charge on any atom is 0.229 e. The molecule has 212 valence electrons. The van der Waals surface area contributed by atoms with Crippen LogP contribution in [0.4, 0.5) is 34.5 Å². The van der Waals surface area contributed by atoms with Crippen LogP contribution in [0.1, 0.15) is 36.0 Å². The number of carbonyl (C=O) groups is 1. The van der Waals surface area contributed by atoms with E-state index in [-0.39, 0.29) is 11.8 Å². The van der Waals surface area contributed by atoms with Gasteiger partial charge in [-0.05, 0) is 79.1 Å². The van der Waals surface area contributed by atoms with Gasteiger partial charge >= 0.3 is 0 Å². The molecule has 4 heterocycles. The van der Waals surface area contributed by atoms with Gasteiger partial charge in [0.1, 0.15) is 11.1 Å². The Labute approximate surface area is 253 Å². The van der Waals surface area contributed by atoms with Crippen molar-refractivity contribution in [3.63, 3.8) is 0 Å². The number of aromatic nitrogens is 3. The summed E-state index contributed by atoms with van der Waals surface area (Å²) >= 11 is 12.6. The summed E-state index contributed by atoms with van der Waals surface area (Å²) in [6.07, 6.45) is 8.71. The smallest absolute Gasteiger partial charge is 0.229 e. The molecule has 1 amide bonds. The van der Waals surface area contributed by atoms with Crippen LogP contribution in [0.2, 0.25) is 10.0 Å². The predicted octanol–water partition coefficient (Wildman–Crippen LogP) is 6.88. The molecule has 3 N–H and O–H groups in total. The Kier molecular flexibility index (Phi) is 8.08. The van der Waals surface area contributed by atoms with Crippen molar-refractivity contribution in [2.45, 2.75) is 32.1 Å². The molecule has 2 aliphatic heterocycles. The number of hydrogen-bond acceptors (Lipinski definition) is 8. The molecular weight excluding hydrogens is 571 g/mol. The third kappa shape index (κ3) is 6.25. The summed E-state index contributed by atoms with van der Waals surface area (Å²) in [7, 11) is 0. The Bertz CT molecular complexity index is 1680. The van der Waals surface area contributed by atoms with Gasteiger partial charge in [-0.2, -0.15) is 10.2 Å². The zero-order chi connectivity index (χ0) is 29.1. The van der Waals surface area contributed by atoms with E-state index in [1.807, 2.05) is 42.6 Å². The zero-order valence-corrected chi connectivity index (χ0v) is 24.2. The van der Waals surface area contributed by atoms with Crippen molar-refractivity contribution in [2.75, 3.05) is 33.9 Å². The summed E-state index contributed by atoms with van der Waals surface area (Å²) in [6, 6.07) is 15.6. The molecule has 2 aromatic carbocycles. The van der Waals surface area contributed by atoms with Crippen LogP contribution in [0.25, 0.3) is 0 Å². The van der Waals surface area contributed by atoms with Crippen LogP contribution < -0.4 is 20.9 Å². The fraction of sp³-hybridized carbons (Fsp3) is 0.258. The minimum Gasteiger partial charge on any atom is -0.370 e. The van der Waals surface area contributed by atoms with E-state index in [0.717, 1.165) is 66.2 Å². The molecule has 1 saturated heterocycles. The summed E-state index contributed by atoms with van der Waals surface area (Å²) in [5.74, 6) is 1.14. The first-order chi connectivity index (χ1) is 20.4. The van der Waals surface area contributed by atoms with Crippen LogP contribution in [-0.2, 0) is 17.6 Å². The summed E-state index contributed by atoms with van der Waals surface area (Å²) in [6.45, 7) is 1.54. The molecule has 1 fully saturated rings. The highest BCUT2D eigenvalue weighted by atomic mass is 35.5. The van der Waals surface area contributed by atoms with Gasteiger partial charge in [0.2, 0.25) is 11.9 Å². The second-order valence-electron chi connectivity index (χ2n) is 10.5. The van der Waals surface area contributed by atoms with Gasteiger partial charge in [0.15, 0.2) is 5.82 Å². The highest BCUT2D eigenvalue weighted by Gasteiger charge is 2.24. The monoisotopic (exact) mass is 598 g/mol. The Morgan fingerprint density at radius 3 is 2.71 bits per heavy atom. The van der Waals surface area contributed by atoms with Gasteiger partial charge < -0.3 is 20.9 Å². The Morgan fingerprint density at radius 1 is 1.02 bits per heavy atom. The van der Waals surface area contributed by atoms with Crippen molar-refractivity contribution in [2.24, 2.45) is 5.92 Å². The molecule has 2 aromatic heterocycles. The molecule has 42 heavy (non-hydrogen) atoms. The van der Waals surface area contributed by atoms with Gasteiger partial charge in [-0.3, -0.25) is 9.78 Å². The first kappa shape index (κ1) is 27.8. The minimum absolute atomic E-state index is 0.00912. The molecule has 9 nitrogen and oxygen atoms in total. The Hall–Kier alpha value is -4.39. The standard InChI is InChI=1S/C31H28Cl2N8O/c32-25-2-1-3-28(24(25)15-34)41-10-8-19(9-11-41)13-29(42)39-27-7-6-22-14-21(27)5-4-20-12-23(17-35-16-20)38-31-36-18-26(33)30(37-22)40-31/h1-3,6-7,12,14,16-19H,4-5,8-11,13H2,(H,39,42)(H2,36,37,38,40). The molecular formula is C31H28Cl2N8O. The second kappa shape index (κ2) is 12.2. The number of fused-ring (bicyclic) bond motifs is 6. The molecule has 11 heteroatoms. The summed E-state index contributed by atoms with van der Waals surface area (Å²) in [5.41, 5.74) is 5.79. The van der Waals surface area contributed by atoms with Crippen LogP contribution in [0, 0.1) is 17.2 Å². The fourth-order valence-electron chi connectivity index (χ4n) is 5.48. The van der Waals surface area contributed by atoms with Crippen molar-refractivity contribution >= 4 is 63.6 Å². The van der Waals surface area contributed by atoms with E-state index in [2.05, 4.69) is 41.9 Å². The summed E-state index contributed by atoms with van der Waals surface area (Å²) in [4.78, 5) is 28.6. The largest absolute Gasteiger partial charge is 0.370 e. The van der Waals surface area contributed by atoms with E-state index in [1.165, 1.54) is 0 Å². The minimum atomic E-state index is -0.00912. The topological polar surface area (TPSA) is 119 Å². The fourth-order valence-corrected chi connectivity index (χ4v) is 5.83. The van der Waals surface area contributed by atoms with Crippen LogP contribution >= 0.6 is 23.2 Å². The predicted molar refractivity (Wildman–Crippen MR) is 166 cm³/mol. The second-order valence-corrected chi connectivity index (χ2v) is 11.3. The quantitative estimate of drug-likeness (QED) is 0.232. The van der Waals surface area contributed by atoms with E-state index in [1.54, 1.807) is 18.5 Å². The molecule has 0 atom stereocenters. The number of nitrogens with one attached hydrogen (secondary N) is 3. The number of nitrogens with zero attached hydrogens (tertiary/aromatic N) is 5. The number of piperidine rings is 1. The Morgan fingerprint density at radius 2 is 1.88 bits per heavy atom. The Balaban J connectivity index is 1.16. The molecule has 6 bridgehead atoms. The number of anilines is 6. The average molecular weight is 600 g/mol. The molecule has 0 radical (unpaired) electrons. The third-order valence-corrected chi connectivity index (χ3v) is 8.24. The number of pyridine rings is 1. The molecule has 0 unspecified atom stereocenters. The van der Waals surface area contributed by atoms with E-state index in [9.17, 15) is 10.1 Å². The molecule has 6 rings (SSSR count). The van der Waals surface area contributed by atoms with Crippen molar-refractivity contribution < 1.29 is 4.79 Å². The van der Waals surface area contributed by atoms with Crippen molar-refractivity contribution in [1.82, 2.24) is 15.0 Å². The van der Waals surface area contributed by atoms with Gasteiger partial charge in [-0.15, -0.1) is 0 Å². The van der Waals surface area contributed by atoms with Crippen molar-refractivity contribution in [1.29, 1.82) is 5.26 Å². The first-order valence-corrected chi connectivity index (χ1v) is 14.6. The number of aryl methyl sites for hydroxylation is 2. The first-order valence-electron chi connectivity index (χ1n) is 13.8. The number of benzene rings is 2. The average Bonchev–Trinajstić information content (AvgIpc) is 2.99. The lowest BCUT2D eigenvalue weighted by molar-refractivity contribution is -0.117. The van der Waals surface area contributed by atoms with Gasteiger partial charge in [0, 0.05) is 37.1 Å². The maximum absolute atomic E-state index is 13.2. The van der Waals surface area contributed by atoms with Crippen molar-refractivity contribution in [3.8, 4) is 6.07 Å². The van der Waals surface area contributed by atoms with E-state index >= 15 is 0 Å². The van der Waals surface area contributed by atoms with Gasteiger partial charge in [-0.25, -0.2) is 4.98 Å². The summed E-state index contributed by atoms with van der Waals surface area (Å²) in [5, 5.41) is 20.1. The molecule has 4 aromatic rings. The van der Waals surface area contributed by atoms with Gasteiger partial charge in [0.25, 0.3) is 0 Å². The van der Waals surface area contributed by atoms with Gasteiger partial charge in [-0.1, -0.05) is 29.3 Å².